The molecule has 0 radical (unpaired) electrons. The Morgan fingerprint density at radius 3 is 1.73 bits per heavy atom. The quantitative estimate of drug-likeness (QED) is 0.550. The predicted molar refractivity (Wildman–Crippen MR) is 50.2 cm³/mol. The molecule has 0 rings (SSSR count). The molecule has 0 aromatic rings. The van der Waals surface area contributed by atoms with Crippen molar-refractivity contribution in [1.29, 1.82) is 0 Å². The number of alkyl halides is 2. The van der Waals surface area contributed by atoms with E-state index in [1.807, 2.05) is 0 Å². The van der Waals surface area contributed by atoms with Gasteiger partial charge in [-0.3, -0.25) is 4.57 Å². The molecule has 2 nitrogen and oxygen atoms in total. The van der Waals surface area contributed by atoms with E-state index in [-0.39, 0.29) is 0 Å². The van der Waals surface area contributed by atoms with E-state index in [0.29, 0.717) is 36.9 Å². The average molecular weight is 219 g/mol. The van der Waals surface area contributed by atoms with Gasteiger partial charge in [0.25, 0.3) is 0 Å². The number of hydrogen-bond acceptors (Lipinski definition) is 1. The molecule has 0 aliphatic heterocycles. The lowest BCUT2D eigenvalue weighted by molar-refractivity contribution is 0.476. The Balaban J connectivity index is 3.53. The summed E-state index contributed by atoms with van der Waals surface area (Å²) in [6.45, 7) is 0. The minimum absolute atomic E-state index is 0.327. The van der Waals surface area contributed by atoms with Crippen LogP contribution >= 0.6 is 30.6 Å². The summed E-state index contributed by atoms with van der Waals surface area (Å²) in [5.41, 5.74) is 0. The van der Waals surface area contributed by atoms with Gasteiger partial charge in [0.1, 0.15) is 0 Å². The van der Waals surface area contributed by atoms with Gasteiger partial charge in [-0.25, -0.2) is 0 Å². The Morgan fingerprint density at radius 1 is 1.09 bits per heavy atom. The third kappa shape index (κ3) is 7.14. The summed E-state index contributed by atoms with van der Waals surface area (Å²) in [6.07, 6.45) is 1.87. The molecule has 11 heavy (non-hydrogen) atoms. The highest BCUT2D eigenvalue weighted by Gasteiger charge is 2.15. The SMILES string of the molecule is O=P(O)(CCCCl)CCCCl. The van der Waals surface area contributed by atoms with Gasteiger partial charge in [-0.05, 0) is 12.8 Å². The second-order valence-electron chi connectivity index (χ2n) is 2.38. The van der Waals surface area contributed by atoms with Crippen LogP contribution in [-0.4, -0.2) is 29.0 Å². The van der Waals surface area contributed by atoms with Crippen molar-refractivity contribution < 1.29 is 9.46 Å². The highest BCUT2D eigenvalue weighted by Crippen LogP contribution is 2.41. The minimum atomic E-state index is -2.89. The second-order valence-corrected chi connectivity index (χ2v) is 5.72. The Labute approximate surface area is 77.3 Å². The number of rotatable bonds is 6. The van der Waals surface area contributed by atoms with Gasteiger partial charge < -0.3 is 4.89 Å². The molecule has 68 valence electrons. The molecule has 0 atom stereocenters. The fraction of sp³-hybridized carbons (Fsp3) is 1.00. The van der Waals surface area contributed by atoms with Gasteiger partial charge in [-0.15, -0.1) is 23.2 Å². The minimum Gasteiger partial charge on any atom is -0.344 e. The molecule has 0 unspecified atom stereocenters. The molecule has 0 fully saturated rings. The first-order chi connectivity index (χ1) is 5.12. The molecule has 0 heterocycles. The molecule has 0 aromatic carbocycles. The lowest BCUT2D eigenvalue weighted by Crippen LogP contribution is -1.96. The standard InChI is InChI=1S/C6H13Cl2O2P/c7-3-1-5-11(9,10)6-2-4-8/h1-6H2,(H,9,10). The Morgan fingerprint density at radius 2 is 1.45 bits per heavy atom. The summed E-state index contributed by atoms with van der Waals surface area (Å²) < 4.78 is 11.2. The largest absolute Gasteiger partial charge is 0.344 e. The first kappa shape index (κ1) is 11.8. The summed E-state index contributed by atoms with van der Waals surface area (Å²) >= 11 is 10.8. The summed E-state index contributed by atoms with van der Waals surface area (Å²) in [7, 11) is -2.89. The van der Waals surface area contributed by atoms with Crippen molar-refractivity contribution in [2.24, 2.45) is 0 Å². The summed E-state index contributed by atoms with van der Waals surface area (Å²) in [5, 5.41) is 0. The average Bonchev–Trinajstić information content (AvgIpc) is 1.97. The van der Waals surface area contributed by atoms with E-state index in [1.165, 1.54) is 0 Å². The van der Waals surface area contributed by atoms with Crippen molar-refractivity contribution in [3.05, 3.63) is 0 Å². The maximum Gasteiger partial charge on any atom is 0.200 e. The van der Waals surface area contributed by atoms with Gasteiger partial charge in [0.15, 0.2) is 0 Å². The Kier molecular flexibility index (Phi) is 6.75. The Hall–Kier alpha value is 0.770. The first-order valence-corrected chi connectivity index (χ1v) is 6.65. The molecule has 0 aliphatic rings. The molecular formula is C6H13Cl2O2P. The van der Waals surface area contributed by atoms with Crippen molar-refractivity contribution >= 4 is 30.6 Å². The Bertz CT molecular complexity index is 129. The maximum atomic E-state index is 11.2. The van der Waals surface area contributed by atoms with Gasteiger partial charge in [0.2, 0.25) is 7.37 Å². The van der Waals surface area contributed by atoms with Crippen molar-refractivity contribution in [2.45, 2.75) is 12.8 Å². The first-order valence-electron chi connectivity index (χ1n) is 3.55. The van der Waals surface area contributed by atoms with E-state index in [1.54, 1.807) is 0 Å². The molecule has 1 N–H and O–H groups in total. The van der Waals surface area contributed by atoms with E-state index < -0.39 is 7.37 Å². The zero-order chi connectivity index (χ0) is 8.74. The topological polar surface area (TPSA) is 37.3 Å². The highest BCUT2D eigenvalue weighted by atomic mass is 35.5. The van der Waals surface area contributed by atoms with Crippen LogP contribution in [0, 0.1) is 0 Å². The van der Waals surface area contributed by atoms with Crippen LogP contribution in [0.2, 0.25) is 0 Å². The lowest BCUT2D eigenvalue weighted by Gasteiger charge is -2.08. The summed E-state index contributed by atoms with van der Waals surface area (Å²) in [4.78, 5) is 9.21. The molecular weight excluding hydrogens is 206 g/mol. The molecule has 0 aromatic heterocycles. The van der Waals surface area contributed by atoms with Crippen LogP contribution in [0.15, 0.2) is 0 Å². The van der Waals surface area contributed by atoms with E-state index in [4.69, 9.17) is 23.2 Å². The van der Waals surface area contributed by atoms with Crippen molar-refractivity contribution in [3.8, 4) is 0 Å². The van der Waals surface area contributed by atoms with E-state index >= 15 is 0 Å². The van der Waals surface area contributed by atoms with Crippen molar-refractivity contribution in [2.75, 3.05) is 24.1 Å². The number of halogens is 2. The van der Waals surface area contributed by atoms with Crippen LogP contribution < -0.4 is 0 Å². The van der Waals surface area contributed by atoms with Gasteiger partial charge in [0, 0.05) is 24.1 Å². The maximum absolute atomic E-state index is 11.2. The van der Waals surface area contributed by atoms with E-state index in [9.17, 15) is 9.46 Å². The fourth-order valence-corrected chi connectivity index (χ4v) is 2.89. The number of hydrogen-bond donors (Lipinski definition) is 1. The van der Waals surface area contributed by atoms with Crippen molar-refractivity contribution in [3.63, 3.8) is 0 Å². The highest BCUT2D eigenvalue weighted by molar-refractivity contribution is 7.57. The molecule has 0 saturated heterocycles. The van der Waals surface area contributed by atoms with E-state index in [0.717, 1.165) is 0 Å². The molecule has 0 amide bonds. The zero-order valence-electron chi connectivity index (χ0n) is 6.30. The summed E-state index contributed by atoms with van der Waals surface area (Å²) in [6, 6.07) is 0. The molecule has 0 saturated carbocycles. The van der Waals surface area contributed by atoms with Gasteiger partial charge in [0.05, 0.1) is 0 Å². The lowest BCUT2D eigenvalue weighted by atomic mass is 10.6. The molecule has 5 heteroatoms. The third-order valence-corrected chi connectivity index (χ3v) is 3.85. The zero-order valence-corrected chi connectivity index (χ0v) is 8.71. The van der Waals surface area contributed by atoms with Crippen LogP contribution in [0.25, 0.3) is 0 Å². The predicted octanol–water partition coefficient (Wildman–Crippen LogP) is 2.51. The van der Waals surface area contributed by atoms with Crippen molar-refractivity contribution in [1.82, 2.24) is 0 Å². The van der Waals surface area contributed by atoms with Crippen LogP contribution in [0.1, 0.15) is 12.8 Å². The van der Waals surface area contributed by atoms with Crippen LogP contribution in [0.3, 0.4) is 0 Å². The van der Waals surface area contributed by atoms with Gasteiger partial charge in [-0.2, -0.15) is 0 Å². The summed E-state index contributed by atoms with van der Waals surface area (Å²) in [5.74, 6) is 0.900. The normalized spacial score (nSPS) is 11.9. The van der Waals surface area contributed by atoms with Crippen LogP contribution in [-0.2, 0) is 4.57 Å². The van der Waals surface area contributed by atoms with E-state index in [2.05, 4.69) is 0 Å². The van der Waals surface area contributed by atoms with Gasteiger partial charge >= 0.3 is 0 Å². The molecule has 0 spiro atoms. The molecule has 0 bridgehead atoms. The second kappa shape index (κ2) is 6.30. The fourth-order valence-electron chi connectivity index (χ4n) is 0.725. The molecule has 0 aliphatic carbocycles. The third-order valence-electron chi connectivity index (χ3n) is 1.28. The monoisotopic (exact) mass is 218 g/mol. The van der Waals surface area contributed by atoms with Crippen LogP contribution in [0.4, 0.5) is 0 Å². The van der Waals surface area contributed by atoms with Gasteiger partial charge in [-0.1, -0.05) is 0 Å². The smallest absolute Gasteiger partial charge is 0.200 e. The van der Waals surface area contributed by atoms with Crippen LogP contribution in [0.5, 0.6) is 0 Å².